The maximum Gasteiger partial charge on any atom is 0.232 e. The predicted molar refractivity (Wildman–Crippen MR) is 92.7 cm³/mol. The Morgan fingerprint density at radius 2 is 1.62 bits per heavy atom. The van der Waals surface area contributed by atoms with Crippen LogP contribution in [0.4, 0.5) is 0 Å². The summed E-state index contributed by atoms with van der Waals surface area (Å²) in [5.41, 5.74) is 1.96. The summed E-state index contributed by atoms with van der Waals surface area (Å²) in [6.07, 6.45) is 2.27. The first-order valence-corrected chi connectivity index (χ1v) is 8.03. The van der Waals surface area contributed by atoms with Crippen LogP contribution < -0.4 is 5.32 Å². The molecule has 24 heavy (non-hydrogen) atoms. The fourth-order valence-corrected chi connectivity index (χ4v) is 2.70. The highest BCUT2D eigenvalue weighted by Crippen LogP contribution is 2.24. The minimum absolute atomic E-state index is 0.0179. The maximum absolute atomic E-state index is 12.8. The molecule has 0 aliphatic rings. The topological polar surface area (TPSA) is 55.1 Å². The maximum atomic E-state index is 12.8. The van der Waals surface area contributed by atoms with Crippen molar-refractivity contribution in [1.29, 1.82) is 0 Å². The molecule has 0 saturated heterocycles. The van der Waals surface area contributed by atoms with Gasteiger partial charge in [-0.25, -0.2) is 4.98 Å². The van der Waals surface area contributed by atoms with Crippen LogP contribution in [0.25, 0.3) is 0 Å². The number of nitrogens with zero attached hydrogens (tertiary/aromatic N) is 1. The zero-order valence-corrected chi connectivity index (χ0v) is 13.6. The van der Waals surface area contributed by atoms with Crippen molar-refractivity contribution in [3.63, 3.8) is 0 Å². The molecule has 0 saturated carbocycles. The summed E-state index contributed by atoms with van der Waals surface area (Å²) in [7, 11) is 0. The summed E-state index contributed by atoms with van der Waals surface area (Å²) in [4.78, 5) is 16.9. The van der Waals surface area contributed by atoms with Gasteiger partial charge in [0.05, 0.1) is 12.1 Å². The van der Waals surface area contributed by atoms with Gasteiger partial charge in [-0.2, -0.15) is 0 Å². The summed E-state index contributed by atoms with van der Waals surface area (Å²) in [5.74, 6) is 1.08. The highest BCUT2D eigenvalue weighted by Gasteiger charge is 2.22. The molecule has 0 bridgehead atoms. The molecule has 0 atom stereocenters. The fourth-order valence-electron chi connectivity index (χ4n) is 2.70. The van der Waals surface area contributed by atoms with Crippen LogP contribution in [0.5, 0.6) is 0 Å². The number of hydrogen-bond donors (Lipinski definition) is 1. The average molecular weight is 320 g/mol. The molecule has 1 aromatic heterocycles. The molecule has 0 spiro atoms. The van der Waals surface area contributed by atoms with E-state index < -0.39 is 0 Å². The number of hydrogen-bond acceptors (Lipinski definition) is 3. The van der Waals surface area contributed by atoms with Crippen molar-refractivity contribution in [2.24, 2.45) is 0 Å². The monoisotopic (exact) mass is 320 g/mol. The third-order valence-electron chi connectivity index (χ3n) is 3.84. The molecule has 4 nitrogen and oxygen atoms in total. The Balaban J connectivity index is 1.72. The van der Waals surface area contributed by atoms with Crippen molar-refractivity contribution < 1.29 is 9.21 Å². The number of carbonyl (C=O) groups excluding carboxylic acids is 1. The van der Waals surface area contributed by atoms with E-state index in [1.54, 1.807) is 6.20 Å². The number of carbonyl (C=O) groups is 1. The molecule has 0 fully saturated rings. The van der Waals surface area contributed by atoms with Crippen molar-refractivity contribution >= 4 is 5.91 Å². The van der Waals surface area contributed by atoms with Crippen LogP contribution in [0, 0.1) is 6.92 Å². The molecule has 1 N–H and O–H groups in total. The van der Waals surface area contributed by atoms with Crippen molar-refractivity contribution in [2.45, 2.75) is 19.3 Å². The lowest BCUT2D eigenvalue weighted by Gasteiger charge is -2.17. The van der Waals surface area contributed by atoms with Crippen LogP contribution in [0.15, 0.2) is 71.3 Å². The average Bonchev–Trinajstić information content (AvgIpc) is 3.02. The molecule has 3 rings (SSSR count). The number of amides is 1. The SMILES string of the molecule is Cc1cnc(CCNC(=O)C(c2ccccc2)c2ccccc2)o1. The van der Waals surface area contributed by atoms with Gasteiger partial charge >= 0.3 is 0 Å². The number of aromatic nitrogens is 1. The Morgan fingerprint density at radius 1 is 1.04 bits per heavy atom. The Labute approximate surface area is 141 Å². The number of oxazole rings is 1. The van der Waals surface area contributed by atoms with Crippen LogP contribution >= 0.6 is 0 Å². The van der Waals surface area contributed by atoms with E-state index in [2.05, 4.69) is 10.3 Å². The fraction of sp³-hybridized carbons (Fsp3) is 0.200. The van der Waals surface area contributed by atoms with Crippen LogP contribution in [0.3, 0.4) is 0 Å². The van der Waals surface area contributed by atoms with Gasteiger partial charge in [-0.3, -0.25) is 4.79 Å². The van der Waals surface area contributed by atoms with E-state index in [4.69, 9.17) is 4.42 Å². The number of benzene rings is 2. The van der Waals surface area contributed by atoms with Crippen LogP contribution in [0.2, 0.25) is 0 Å². The van der Waals surface area contributed by atoms with Crippen molar-refractivity contribution in [2.75, 3.05) is 6.54 Å². The largest absolute Gasteiger partial charge is 0.446 e. The standard InChI is InChI=1S/C20H20N2O2/c1-15-14-22-18(24-15)12-13-21-20(23)19(16-8-4-2-5-9-16)17-10-6-3-7-11-17/h2-11,14,19H,12-13H2,1H3,(H,21,23). The molecular formula is C20H20N2O2. The van der Waals surface area contributed by atoms with E-state index in [0.29, 0.717) is 18.9 Å². The van der Waals surface area contributed by atoms with Crippen molar-refractivity contribution in [1.82, 2.24) is 10.3 Å². The number of rotatable bonds is 6. The second-order valence-electron chi connectivity index (χ2n) is 5.66. The lowest BCUT2D eigenvalue weighted by Crippen LogP contribution is -2.31. The molecule has 0 unspecified atom stereocenters. The molecule has 4 heteroatoms. The van der Waals surface area contributed by atoms with Crippen molar-refractivity contribution in [3.05, 3.63) is 89.6 Å². The zero-order valence-electron chi connectivity index (χ0n) is 13.6. The van der Waals surface area contributed by atoms with E-state index in [9.17, 15) is 4.79 Å². The summed E-state index contributed by atoms with van der Waals surface area (Å²) >= 11 is 0. The van der Waals surface area contributed by atoms with Gasteiger partial charge in [-0.1, -0.05) is 60.7 Å². The molecule has 2 aromatic carbocycles. The molecular weight excluding hydrogens is 300 g/mol. The first-order valence-electron chi connectivity index (χ1n) is 8.03. The van der Waals surface area contributed by atoms with E-state index in [1.807, 2.05) is 67.6 Å². The second kappa shape index (κ2) is 7.59. The Hall–Kier alpha value is -2.88. The molecule has 0 aliphatic heterocycles. The van der Waals surface area contributed by atoms with Gasteiger partial charge in [0.15, 0.2) is 5.89 Å². The molecule has 1 amide bonds. The molecule has 0 radical (unpaired) electrons. The van der Waals surface area contributed by atoms with Crippen LogP contribution in [0.1, 0.15) is 28.7 Å². The van der Waals surface area contributed by atoms with Gasteiger partial charge < -0.3 is 9.73 Å². The lowest BCUT2D eigenvalue weighted by molar-refractivity contribution is -0.121. The van der Waals surface area contributed by atoms with Crippen molar-refractivity contribution in [3.8, 4) is 0 Å². The highest BCUT2D eigenvalue weighted by molar-refractivity contribution is 5.87. The van der Waals surface area contributed by atoms with Crippen LogP contribution in [-0.2, 0) is 11.2 Å². The number of aryl methyl sites for hydroxylation is 1. The van der Waals surface area contributed by atoms with Gasteiger partial charge in [-0.05, 0) is 18.1 Å². The minimum atomic E-state index is -0.321. The molecule has 0 aliphatic carbocycles. The summed E-state index contributed by atoms with van der Waals surface area (Å²) < 4.78 is 5.43. The third kappa shape index (κ3) is 3.90. The summed E-state index contributed by atoms with van der Waals surface area (Å²) in [6, 6.07) is 19.6. The zero-order chi connectivity index (χ0) is 16.8. The quantitative estimate of drug-likeness (QED) is 0.756. The smallest absolute Gasteiger partial charge is 0.232 e. The lowest BCUT2D eigenvalue weighted by atomic mass is 9.90. The van der Waals surface area contributed by atoms with Gasteiger partial charge in [0.2, 0.25) is 5.91 Å². The van der Waals surface area contributed by atoms with E-state index in [0.717, 1.165) is 16.9 Å². The number of nitrogens with one attached hydrogen (secondary N) is 1. The molecule has 122 valence electrons. The van der Waals surface area contributed by atoms with E-state index in [1.165, 1.54) is 0 Å². The summed E-state index contributed by atoms with van der Waals surface area (Å²) in [5, 5.41) is 3.00. The molecule has 3 aromatic rings. The van der Waals surface area contributed by atoms with E-state index >= 15 is 0 Å². The predicted octanol–water partition coefficient (Wildman–Crippen LogP) is 3.47. The minimum Gasteiger partial charge on any atom is -0.446 e. The first-order chi connectivity index (χ1) is 11.7. The Bertz CT molecular complexity index is 742. The van der Waals surface area contributed by atoms with Gasteiger partial charge in [0.25, 0.3) is 0 Å². The Kier molecular flexibility index (Phi) is 5.06. The Morgan fingerprint density at radius 3 is 2.12 bits per heavy atom. The first kappa shape index (κ1) is 16.0. The van der Waals surface area contributed by atoms with Gasteiger partial charge in [0.1, 0.15) is 5.76 Å². The van der Waals surface area contributed by atoms with Crippen LogP contribution in [-0.4, -0.2) is 17.4 Å². The van der Waals surface area contributed by atoms with Gasteiger partial charge in [0, 0.05) is 13.0 Å². The molecule has 1 heterocycles. The van der Waals surface area contributed by atoms with Gasteiger partial charge in [-0.15, -0.1) is 0 Å². The summed E-state index contributed by atoms with van der Waals surface area (Å²) in [6.45, 7) is 2.35. The van der Waals surface area contributed by atoms with E-state index in [-0.39, 0.29) is 11.8 Å². The highest BCUT2D eigenvalue weighted by atomic mass is 16.4. The second-order valence-corrected chi connectivity index (χ2v) is 5.66. The normalized spacial score (nSPS) is 10.8. The third-order valence-corrected chi connectivity index (χ3v) is 3.84.